The van der Waals surface area contributed by atoms with Gasteiger partial charge in [0.15, 0.2) is 0 Å². The van der Waals surface area contributed by atoms with Crippen molar-refractivity contribution in [2.75, 3.05) is 6.54 Å². The second kappa shape index (κ2) is 6.30. The Morgan fingerprint density at radius 2 is 2.18 bits per heavy atom. The second-order valence-corrected chi connectivity index (χ2v) is 2.71. The van der Waals surface area contributed by atoms with Gasteiger partial charge in [-0.3, -0.25) is 11.2 Å². The van der Waals surface area contributed by atoms with Crippen LogP contribution in [0.4, 0.5) is 0 Å². The van der Waals surface area contributed by atoms with Crippen molar-refractivity contribution in [2.24, 2.45) is 11.8 Å². The van der Waals surface area contributed by atoms with E-state index in [0.29, 0.717) is 5.92 Å². The molecule has 0 aromatic heterocycles. The van der Waals surface area contributed by atoms with Crippen LogP contribution in [0.2, 0.25) is 0 Å². The van der Waals surface area contributed by atoms with E-state index in [1.54, 1.807) is 0 Å². The fourth-order valence-corrected chi connectivity index (χ4v) is 0.753. The van der Waals surface area contributed by atoms with Crippen LogP contribution in [0.5, 0.6) is 0 Å². The Labute approximate surface area is 68.2 Å². The Morgan fingerprint density at radius 3 is 2.55 bits per heavy atom. The molecule has 1 atom stereocenters. The standard InChI is InChI=1S/C7H18N4/c1-4-5-9-7(6(2)3)10-11-8/h4,6-7,9-11H,1,5,8H2,2-3H3. The number of rotatable bonds is 6. The van der Waals surface area contributed by atoms with E-state index in [4.69, 9.17) is 5.84 Å². The summed E-state index contributed by atoms with van der Waals surface area (Å²) in [7, 11) is 0. The molecule has 1 unspecified atom stereocenters. The lowest BCUT2D eigenvalue weighted by atomic mass is 10.1. The van der Waals surface area contributed by atoms with Crippen molar-refractivity contribution in [3.8, 4) is 0 Å². The van der Waals surface area contributed by atoms with Crippen LogP contribution in [-0.2, 0) is 0 Å². The van der Waals surface area contributed by atoms with Gasteiger partial charge < -0.3 is 0 Å². The smallest absolute Gasteiger partial charge is 0.0742 e. The first-order chi connectivity index (χ1) is 5.22. The maximum atomic E-state index is 5.11. The third kappa shape index (κ3) is 4.92. The summed E-state index contributed by atoms with van der Waals surface area (Å²) in [6, 6.07) is 0. The summed E-state index contributed by atoms with van der Waals surface area (Å²) in [5.74, 6) is 5.59. The quantitative estimate of drug-likeness (QED) is 0.186. The average molecular weight is 158 g/mol. The Kier molecular flexibility index (Phi) is 6.06. The van der Waals surface area contributed by atoms with E-state index in [2.05, 4.69) is 36.7 Å². The molecule has 5 N–H and O–H groups in total. The number of hydrazine groups is 2. The molecule has 0 saturated carbocycles. The van der Waals surface area contributed by atoms with Gasteiger partial charge in [0, 0.05) is 6.54 Å². The van der Waals surface area contributed by atoms with Gasteiger partial charge in [-0.25, -0.2) is 5.43 Å². The molecule has 11 heavy (non-hydrogen) atoms. The molecular weight excluding hydrogens is 140 g/mol. The van der Waals surface area contributed by atoms with E-state index in [0.717, 1.165) is 6.54 Å². The lowest BCUT2D eigenvalue weighted by Gasteiger charge is -2.22. The fourth-order valence-electron chi connectivity index (χ4n) is 0.753. The zero-order valence-electron chi connectivity index (χ0n) is 7.22. The highest BCUT2D eigenvalue weighted by Crippen LogP contribution is 1.95. The normalized spacial score (nSPS) is 13.5. The summed E-state index contributed by atoms with van der Waals surface area (Å²) in [6.45, 7) is 8.59. The van der Waals surface area contributed by atoms with Gasteiger partial charge in [0.2, 0.25) is 0 Å². The molecule has 0 aliphatic heterocycles. The van der Waals surface area contributed by atoms with E-state index in [1.165, 1.54) is 0 Å². The fraction of sp³-hybridized carbons (Fsp3) is 0.714. The summed E-state index contributed by atoms with van der Waals surface area (Å²) < 4.78 is 0. The van der Waals surface area contributed by atoms with Crippen LogP contribution in [0.3, 0.4) is 0 Å². The Hall–Kier alpha value is -0.420. The molecule has 4 heteroatoms. The lowest BCUT2D eigenvalue weighted by molar-refractivity contribution is 0.307. The molecule has 0 aliphatic rings. The number of nitrogens with two attached hydrogens (primary N) is 1. The van der Waals surface area contributed by atoms with Gasteiger partial charge in [-0.2, -0.15) is 5.53 Å². The van der Waals surface area contributed by atoms with Gasteiger partial charge in [0.1, 0.15) is 0 Å². The molecule has 0 amide bonds. The highest BCUT2D eigenvalue weighted by Gasteiger charge is 2.08. The summed E-state index contributed by atoms with van der Waals surface area (Å²) in [5, 5.41) is 3.20. The molecule has 0 fully saturated rings. The first-order valence-corrected chi connectivity index (χ1v) is 3.77. The molecule has 0 aliphatic carbocycles. The molecule has 4 nitrogen and oxygen atoms in total. The Bertz CT molecular complexity index is 103. The maximum Gasteiger partial charge on any atom is 0.0742 e. The molecule has 0 radical (unpaired) electrons. The van der Waals surface area contributed by atoms with Gasteiger partial charge in [-0.05, 0) is 5.92 Å². The van der Waals surface area contributed by atoms with E-state index < -0.39 is 0 Å². The minimum Gasteiger partial charge on any atom is -0.297 e. The third-order valence-electron chi connectivity index (χ3n) is 1.39. The maximum absolute atomic E-state index is 5.11. The van der Waals surface area contributed by atoms with Crippen LogP contribution in [0.25, 0.3) is 0 Å². The van der Waals surface area contributed by atoms with Crippen molar-refractivity contribution in [1.82, 2.24) is 16.3 Å². The van der Waals surface area contributed by atoms with E-state index in [9.17, 15) is 0 Å². The number of nitrogens with one attached hydrogen (secondary N) is 3. The van der Waals surface area contributed by atoms with E-state index in [1.807, 2.05) is 6.08 Å². The molecule has 0 aromatic rings. The second-order valence-electron chi connectivity index (χ2n) is 2.71. The molecule has 0 aromatic carbocycles. The van der Waals surface area contributed by atoms with Crippen molar-refractivity contribution in [1.29, 1.82) is 0 Å². The third-order valence-corrected chi connectivity index (χ3v) is 1.39. The molecule has 66 valence electrons. The molecular formula is C7H18N4. The predicted octanol–water partition coefficient (Wildman–Crippen LogP) is -0.288. The van der Waals surface area contributed by atoms with Crippen LogP contribution in [0.15, 0.2) is 12.7 Å². The van der Waals surface area contributed by atoms with Gasteiger partial charge in [0.05, 0.1) is 6.17 Å². The summed E-state index contributed by atoms with van der Waals surface area (Å²) in [5.41, 5.74) is 5.30. The zero-order valence-corrected chi connectivity index (χ0v) is 7.22. The van der Waals surface area contributed by atoms with Crippen LogP contribution < -0.4 is 22.1 Å². The van der Waals surface area contributed by atoms with Crippen molar-refractivity contribution in [3.05, 3.63) is 12.7 Å². The summed E-state index contributed by atoms with van der Waals surface area (Å²) >= 11 is 0. The zero-order chi connectivity index (χ0) is 8.69. The van der Waals surface area contributed by atoms with E-state index in [-0.39, 0.29) is 6.17 Å². The highest BCUT2D eigenvalue weighted by molar-refractivity contribution is 4.74. The van der Waals surface area contributed by atoms with Crippen molar-refractivity contribution >= 4 is 0 Å². The molecule has 0 bridgehead atoms. The van der Waals surface area contributed by atoms with Crippen molar-refractivity contribution in [2.45, 2.75) is 20.0 Å². The van der Waals surface area contributed by atoms with Crippen molar-refractivity contribution < 1.29 is 0 Å². The largest absolute Gasteiger partial charge is 0.297 e. The SMILES string of the molecule is C=CCNC(NNN)C(C)C. The first-order valence-electron chi connectivity index (χ1n) is 3.77. The average Bonchev–Trinajstić information content (AvgIpc) is 1.97. The Morgan fingerprint density at radius 1 is 1.55 bits per heavy atom. The van der Waals surface area contributed by atoms with Crippen molar-refractivity contribution in [3.63, 3.8) is 0 Å². The van der Waals surface area contributed by atoms with Crippen LogP contribution in [0, 0.1) is 5.92 Å². The summed E-state index contributed by atoms with van der Waals surface area (Å²) in [4.78, 5) is 0. The van der Waals surface area contributed by atoms with Gasteiger partial charge in [-0.1, -0.05) is 19.9 Å². The first kappa shape index (κ1) is 10.6. The Balaban J connectivity index is 3.59. The number of hydrogen-bond acceptors (Lipinski definition) is 4. The highest BCUT2D eigenvalue weighted by atomic mass is 15.5. The molecule has 0 heterocycles. The lowest BCUT2D eigenvalue weighted by Crippen LogP contribution is -2.54. The van der Waals surface area contributed by atoms with E-state index >= 15 is 0 Å². The molecule has 0 saturated heterocycles. The van der Waals surface area contributed by atoms with Crippen LogP contribution in [0.1, 0.15) is 13.8 Å². The van der Waals surface area contributed by atoms with Crippen LogP contribution in [-0.4, -0.2) is 12.7 Å². The minimum absolute atomic E-state index is 0.179. The topological polar surface area (TPSA) is 62.1 Å². The summed E-state index contributed by atoms with van der Waals surface area (Å²) in [6.07, 6.45) is 1.99. The van der Waals surface area contributed by atoms with Gasteiger partial charge >= 0.3 is 0 Å². The van der Waals surface area contributed by atoms with Crippen LogP contribution >= 0.6 is 0 Å². The minimum atomic E-state index is 0.179. The molecule has 0 rings (SSSR count). The van der Waals surface area contributed by atoms with Gasteiger partial charge in [-0.15, -0.1) is 6.58 Å². The monoisotopic (exact) mass is 158 g/mol. The molecule has 0 spiro atoms. The predicted molar refractivity (Wildman–Crippen MR) is 47.3 cm³/mol. The number of hydrogen-bond donors (Lipinski definition) is 4. The van der Waals surface area contributed by atoms with Gasteiger partial charge in [0.25, 0.3) is 0 Å².